The van der Waals surface area contributed by atoms with Gasteiger partial charge in [0.25, 0.3) is 0 Å². The Balaban J connectivity index is 1.70. The van der Waals surface area contributed by atoms with Crippen LogP contribution in [-0.2, 0) is 33.2 Å². The third kappa shape index (κ3) is 29.5. The highest BCUT2D eigenvalue weighted by atomic mass is 16.7. The van der Waals surface area contributed by atoms with Gasteiger partial charge in [0.05, 0.1) is 26.4 Å². The van der Waals surface area contributed by atoms with Crippen molar-refractivity contribution < 1.29 is 69.0 Å². The Hall–Kier alpha value is -1.01. The predicted octanol–water partition coefficient (Wildman–Crippen LogP) is 9.25. The zero-order chi connectivity index (χ0) is 49.5. The van der Waals surface area contributed by atoms with E-state index >= 15 is 0 Å². The van der Waals surface area contributed by atoms with Crippen LogP contribution in [0.25, 0.3) is 0 Å². The van der Waals surface area contributed by atoms with Gasteiger partial charge in [0.1, 0.15) is 54.9 Å². The molecule has 0 aromatic rings. The van der Waals surface area contributed by atoms with Gasteiger partial charge in [0, 0.05) is 13.0 Å². The van der Waals surface area contributed by atoms with Crippen molar-refractivity contribution in [2.45, 2.75) is 306 Å². The lowest BCUT2D eigenvalue weighted by Gasteiger charge is -2.42. The van der Waals surface area contributed by atoms with Crippen LogP contribution in [0, 0.1) is 0 Å². The summed E-state index contributed by atoms with van der Waals surface area (Å²) in [6.45, 7) is 3.75. The number of hydrogen-bond acceptors (Lipinski definition) is 14. The van der Waals surface area contributed by atoms with Gasteiger partial charge in [-0.05, 0) is 12.8 Å². The van der Waals surface area contributed by atoms with Crippen LogP contribution in [0.5, 0.6) is 0 Å². The molecule has 7 N–H and O–H groups in total. The predicted molar refractivity (Wildman–Crippen MR) is 266 cm³/mol. The number of unbranched alkanes of at least 4 members (excludes halogenated alkanes) is 32. The summed E-state index contributed by atoms with van der Waals surface area (Å²) in [4.78, 5) is 13.0. The highest BCUT2D eigenvalue weighted by molar-refractivity contribution is 5.69. The van der Waals surface area contributed by atoms with Gasteiger partial charge in [0.2, 0.25) is 0 Å². The van der Waals surface area contributed by atoms with Crippen LogP contribution in [0.15, 0.2) is 0 Å². The van der Waals surface area contributed by atoms with Crippen LogP contribution in [-0.4, -0.2) is 142 Å². The Morgan fingerprint density at radius 1 is 0.426 bits per heavy atom. The van der Waals surface area contributed by atoms with Gasteiger partial charge in [-0.3, -0.25) is 4.79 Å². The molecule has 0 saturated carbocycles. The molecular weight excluding hydrogens is 873 g/mol. The van der Waals surface area contributed by atoms with Crippen LogP contribution in [0.3, 0.4) is 0 Å². The maximum Gasteiger partial charge on any atom is 0.306 e. The van der Waals surface area contributed by atoms with Crippen LogP contribution in [0.4, 0.5) is 0 Å². The van der Waals surface area contributed by atoms with Crippen molar-refractivity contribution in [2.24, 2.45) is 0 Å². The number of hydrogen-bond donors (Lipinski definition) is 7. The molecular formula is C54H104O14. The molecule has 2 saturated heterocycles. The van der Waals surface area contributed by atoms with E-state index < -0.39 is 80.7 Å². The van der Waals surface area contributed by atoms with Crippen LogP contribution < -0.4 is 0 Å². The van der Waals surface area contributed by atoms with Gasteiger partial charge in [-0.1, -0.05) is 219 Å². The summed E-state index contributed by atoms with van der Waals surface area (Å²) in [6.07, 6.45) is 27.4. The average Bonchev–Trinajstić information content (AvgIpc) is 3.33. The lowest BCUT2D eigenvalue weighted by atomic mass is 9.98. The summed E-state index contributed by atoms with van der Waals surface area (Å²) < 4.78 is 34.3. The number of esters is 1. The Bertz CT molecular complexity index is 1130. The van der Waals surface area contributed by atoms with Crippen molar-refractivity contribution in [3.63, 3.8) is 0 Å². The standard InChI is InChI=1S/C54H104O14/c1-3-5-7-9-11-13-15-17-18-19-20-21-22-23-24-25-27-29-31-33-35-37-46(56)66-43(40-63-38-36-34-32-30-28-26-16-14-12-10-8-6-4-2)41-64-53-52(62)50(60)48(58)45(68-53)42-65-54-51(61)49(59)47(57)44(39-55)67-54/h43-45,47-55,57-62H,3-42H2,1-2H3. The normalized spacial score (nSPS) is 25.8. The van der Waals surface area contributed by atoms with E-state index in [0.29, 0.717) is 6.61 Å². The Morgan fingerprint density at radius 2 is 0.779 bits per heavy atom. The number of aliphatic hydroxyl groups is 7. The molecule has 11 unspecified atom stereocenters. The van der Waals surface area contributed by atoms with Crippen molar-refractivity contribution in [3.8, 4) is 0 Å². The van der Waals surface area contributed by atoms with Gasteiger partial charge in [-0.2, -0.15) is 0 Å². The Kier molecular flexibility index (Phi) is 39.4. The van der Waals surface area contributed by atoms with E-state index in [1.54, 1.807) is 0 Å². The molecule has 14 nitrogen and oxygen atoms in total. The molecule has 404 valence electrons. The van der Waals surface area contributed by atoms with Gasteiger partial charge >= 0.3 is 5.97 Å². The van der Waals surface area contributed by atoms with Crippen molar-refractivity contribution in [2.75, 3.05) is 33.0 Å². The van der Waals surface area contributed by atoms with Crippen LogP contribution in [0.2, 0.25) is 0 Å². The van der Waals surface area contributed by atoms with E-state index in [1.807, 2.05) is 0 Å². The Labute approximate surface area is 412 Å². The average molecular weight is 977 g/mol. The fraction of sp³-hybridized carbons (Fsp3) is 0.981. The molecule has 68 heavy (non-hydrogen) atoms. The first-order valence-electron chi connectivity index (χ1n) is 28.1. The number of aliphatic hydroxyl groups excluding tert-OH is 7. The van der Waals surface area contributed by atoms with E-state index in [0.717, 1.165) is 44.9 Å². The van der Waals surface area contributed by atoms with Crippen LogP contribution in [0.1, 0.15) is 239 Å². The van der Waals surface area contributed by atoms with Crippen molar-refractivity contribution in [1.29, 1.82) is 0 Å². The number of carbonyl (C=O) groups excluding carboxylic acids is 1. The van der Waals surface area contributed by atoms with Crippen LogP contribution >= 0.6 is 0 Å². The third-order valence-electron chi connectivity index (χ3n) is 13.9. The molecule has 0 amide bonds. The fourth-order valence-corrected chi connectivity index (χ4v) is 9.29. The topological polar surface area (TPSA) is 214 Å². The Morgan fingerprint density at radius 3 is 1.19 bits per heavy atom. The molecule has 0 spiro atoms. The summed E-state index contributed by atoms with van der Waals surface area (Å²) in [6, 6.07) is 0. The summed E-state index contributed by atoms with van der Waals surface area (Å²) >= 11 is 0. The largest absolute Gasteiger partial charge is 0.457 e. The van der Waals surface area contributed by atoms with Crippen molar-refractivity contribution >= 4 is 5.97 Å². The molecule has 0 aromatic carbocycles. The smallest absolute Gasteiger partial charge is 0.306 e. The minimum atomic E-state index is -1.70. The summed E-state index contributed by atoms with van der Waals surface area (Å²) in [5, 5.41) is 72.2. The maximum atomic E-state index is 13.0. The molecule has 0 aromatic heterocycles. The first kappa shape index (κ1) is 63.1. The number of carbonyl (C=O) groups is 1. The number of rotatable bonds is 46. The van der Waals surface area contributed by atoms with Gasteiger partial charge < -0.3 is 64.2 Å². The molecule has 0 bridgehead atoms. The second-order valence-corrected chi connectivity index (χ2v) is 20.1. The quantitative estimate of drug-likeness (QED) is 0.0224. The van der Waals surface area contributed by atoms with Gasteiger partial charge in [-0.15, -0.1) is 0 Å². The SMILES string of the molecule is CCCCCCCCCCCCCCCCCCCCCCCC(=O)OC(COCCCCCCCCCCCCCCC)COC1OC(COC2OC(CO)C(O)C(O)C2O)C(O)C(O)C1O. The fourth-order valence-electron chi connectivity index (χ4n) is 9.29. The first-order valence-corrected chi connectivity index (χ1v) is 28.1. The summed E-state index contributed by atoms with van der Waals surface area (Å²) in [5.41, 5.74) is 0. The molecule has 2 fully saturated rings. The molecule has 0 radical (unpaired) electrons. The zero-order valence-electron chi connectivity index (χ0n) is 43.1. The van der Waals surface area contributed by atoms with E-state index in [4.69, 9.17) is 28.4 Å². The lowest BCUT2D eigenvalue weighted by molar-refractivity contribution is -0.332. The van der Waals surface area contributed by atoms with E-state index in [2.05, 4.69) is 13.8 Å². The molecule has 2 heterocycles. The van der Waals surface area contributed by atoms with Gasteiger partial charge in [-0.25, -0.2) is 0 Å². The second kappa shape index (κ2) is 42.5. The molecule has 2 rings (SSSR count). The summed E-state index contributed by atoms with van der Waals surface area (Å²) in [5.74, 6) is -0.368. The molecule has 0 aliphatic carbocycles. The molecule has 2 aliphatic heterocycles. The maximum absolute atomic E-state index is 13.0. The molecule has 14 heteroatoms. The second-order valence-electron chi connectivity index (χ2n) is 20.1. The monoisotopic (exact) mass is 977 g/mol. The first-order chi connectivity index (χ1) is 33.1. The third-order valence-corrected chi connectivity index (χ3v) is 13.9. The van der Waals surface area contributed by atoms with E-state index in [9.17, 15) is 40.5 Å². The van der Waals surface area contributed by atoms with E-state index in [-0.39, 0.29) is 25.6 Å². The lowest BCUT2D eigenvalue weighted by Crippen LogP contribution is -2.61. The summed E-state index contributed by atoms with van der Waals surface area (Å²) in [7, 11) is 0. The molecule has 2 aliphatic rings. The van der Waals surface area contributed by atoms with Crippen molar-refractivity contribution in [1.82, 2.24) is 0 Å². The molecule has 11 atom stereocenters. The highest BCUT2D eigenvalue weighted by Crippen LogP contribution is 2.27. The zero-order valence-corrected chi connectivity index (χ0v) is 43.1. The van der Waals surface area contributed by atoms with E-state index in [1.165, 1.54) is 173 Å². The minimum absolute atomic E-state index is 0.0704. The van der Waals surface area contributed by atoms with Gasteiger partial charge in [0.15, 0.2) is 12.6 Å². The highest BCUT2D eigenvalue weighted by Gasteiger charge is 2.47. The minimum Gasteiger partial charge on any atom is -0.457 e. The number of ether oxygens (including phenoxy) is 6. The van der Waals surface area contributed by atoms with Crippen molar-refractivity contribution in [3.05, 3.63) is 0 Å².